The van der Waals surface area contributed by atoms with Gasteiger partial charge in [0.2, 0.25) is 11.7 Å². The fraction of sp³-hybridized carbons (Fsp3) is 0.120. The standard InChI is InChI=1S/C25H18F2N2O4/c26-19-10-4-16(5-11-19)24(31)17-8-14-21(15-9-17)32-23(30)3-1-2-22-28-25(29-33-22)18-6-12-20(27)13-7-18/h4-15H,1-3H2. The van der Waals surface area contributed by atoms with Crippen LogP contribution in [0.3, 0.4) is 0 Å². The summed E-state index contributed by atoms with van der Waals surface area (Å²) in [6.45, 7) is 0. The molecule has 0 N–H and O–H groups in total. The summed E-state index contributed by atoms with van der Waals surface area (Å²) in [5.41, 5.74) is 1.40. The molecule has 0 saturated heterocycles. The second-order valence-corrected chi connectivity index (χ2v) is 7.21. The minimum absolute atomic E-state index is 0.129. The molecule has 8 heteroatoms. The van der Waals surface area contributed by atoms with Crippen LogP contribution in [0.15, 0.2) is 77.3 Å². The van der Waals surface area contributed by atoms with Gasteiger partial charge in [-0.05, 0) is 79.2 Å². The second kappa shape index (κ2) is 9.95. The van der Waals surface area contributed by atoms with Crippen LogP contribution in [-0.2, 0) is 11.2 Å². The summed E-state index contributed by atoms with van der Waals surface area (Å²) in [6.07, 6.45) is 0.948. The molecule has 6 nitrogen and oxygen atoms in total. The summed E-state index contributed by atoms with van der Waals surface area (Å²) in [4.78, 5) is 28.8. The summed E-state index contributed by atoms with van der Waals surface area (Å²) in [5, 5.41) is 3.86. The van der Waals surface area contributed by atoms with Gasteiger partial charge in [0.25, 0.3) is 0 Å². The number of aromatic nitrogens is 2. The largest absolute Gasteiger partial charge is 0.427 e. The van der Waals surface area contributed by atoms with Gasteiger partial charge in [-0.25, -0.2) is 8.78 Å². The van der Waals surface area contributed by atoms with Crippen molar-refractivity contribution in [1.29, 1.82) is 0 Å². The van der Waals surface area contributed by atoms with E-state index in [0.29, 0.717) is 47.0 Å². The van der Waals surface area contributed by atoms with Gasteiger partial charge < -0.3 is 9.26 Å². The van der Waals surface area contributed by atoms with Crippen molar-refractivity contribution in [3.63, 3.8) is 0 Å². The van der Waals surface area contributed by atoms with Gasteiger partial charge in [0.05, 0.1) is 0 Å². The van der Waals surface area contributed by atoms with Gasteiger partial charge in [-0.2, -0.15) is 4.98 Å². The summed E-state index contributed by atoms with van der Waals surface area (Å²) in [7, 11) is 0. The summed E-state index contributed by atoms with van der Waals surface area (Å²) >= 11 is 0. The lowest BCUT2D eigenvalue weighted by molar-refractivity contribution is -0.134. The van der Waals surface area contributed by atoms with Gasteiger partial charge in [0.1, 0.15) is 17.4 Å². The van der Waals surface area contributed by atoms with E-state index in [9.17, 15) is 18.4 Å². The molecule has 33 heavy (non-hydrogen) atoms. The minimum Gasteiger partial charge on any atom is -0.427 e. The van der Waals surface area contributed by atoms with Gasteiger partial charge >= 0.3 is 5.97 Å². The Morgan fingerprint density at radius 1 is 0.818 bits per heavy atom. The molecule has 4 rings (SSSR count). The van der Waals surface area contributed by atoms with Gasteiger partial charge in [-0.3, -0.25) is 9.59 Å². The summed E-state index contributed by atoms with van der Waals surface area (Å²) in [6, 6.07) is 17.2. The number of aryl methyl sites for hydroxylation is 1. The monoisotopic (exact) mass is 448 g/mol. The molecular weight excluding hydrogens is 430 g/mol. The third kappa shape index (κ3) is 5.74. The van der Waals surface area contributed by atoms with Gasteiger partial charge in [-0.15, -0.1) is 0 Å². The molecule has 3 aromatic carbocycles. The number of nitrogens with zero attached hydrogens (tertiary/aromatic N) is 2. The molecule has 0 spiro atoms. The SMILES string of the molecule is O=C(CCCc1nc(-c2ccc(F)cc2)no1)Oc1ccc(C(=O)c2ccc(F)cc2)cc1. The van der Waals surface area contributed by atoms with Crippen molar-refractivity contribution in [1.82, 2.24) is 10.1 Å². The maximum absolute atomic E-state index is 13.0. The fourth-order valence-corrected chi connectivity index (χ4v) is 3.08. The zero-order valence-corrected chi connectivity index (χ0v) is 17.3. The molecule has 4 aromatic rings. The molecule has 0 bridgehead atoms. The number of halogens is 2. The molecule has 0 unspecified atom stereocenters. The van der Waals surface area contributed by atoms with E-state index in [1.165, 1.54) is 48.5 Å². The van der Waals surface area contributed by atoms with E-state index in [1.54, 1.807) is 24.3 Å². The first-order valence-corrected chi connectivity index (χ1v) is 10.2. The number of esters is 1. The van der Waals surface area contributed by atoms with Crippen molar-refractivity contribution >= 4 is 11.8 Å². The van der Waals surface area contributed by atoms with Crippen LogP contribution in [0.4, 0.5) is 8.78 Å². The van der Waals surface area contributed by atoms with Crippen LogP contribution in [0.1, 0.15) is 34.7 Å². The number of hydrogen-bond acceptors (Lipinski definition) is 6. The topological polar surface area (TPSA) is 82.3 Å². The van der Waals surface area contributed by atoms with Crippen molar-refractivity contribution in [2.24, 2.45) is 0 Å². The van der Waals surface area contributed by atoms with Crippen molar-refractivity contribution < 1.29 is 27.6 Å². The van der Waals surface area contributed by atoms with E-state index >= 15 is 0 Å². The molecule has 1 aromatic heterocycles. The average molecular weight is 448 g/mol. The first kappa shape index (κ1) is 22.0. The normalized spacial score (nSPS) is 10.7. The van der Waals surface area contributed by atoms with Crippen LogP contribution in [-0.4, -0.2) is 21.9 Å². The molecular formula is C25H18F2N2O4. The van der Waals surface area contributed by atoms with Crippen molar-refractivity contribution in [3.05, 3.63) is 101 Å². The molecule has 0 atom stereocenters. The number of ketones is 1. The van der Waals surface area contributed by atoms with Crippen LogP contribution in [0, 0.1) is 11.6 Å². The lowest BCUT2D eigenvalue weighted by Crippen LogP contribution is -2.08. The lowest BCUT2D eigenvalue weighted by Gasteiger charge is -2.05. The van der Waals surface area contributed by atoms with E-state index in [1.807, 2.05) is 0 Å². The highest BCUT2D eigenvalue weighted by Gasteiger charge is 2.12. The molecule has 0 radical (unpaired) electrons. The lowest BCUT2D eigenvalue weighted by atomic mass is 10.0. The highest BCUT2D eigenvalue weighted by Crippen LogP contribution is 2.18. The van der Waals surface area contributed by atoms with E-state index in [4.69, 9.17) is 9.26 Å². The van der Waals surface area contributed by atoms with Gasteiger partial charge in [-0.1, -0.05) is 5.16 Å². The Kier molecular flexibility index (Phi) is 6.64. The Morgan fingerprint density at radius 2 is 1.39 bits per heavy atom. The van der Waals surface area contributed by atoms with Gasteiger partial charge in [0.15, 0.2) is 5.78 Å². The Balaban J connectivity index is 1.26. The highest BCUT2D eigenvalue weighted by molar-refractivity contribution is 6.09. The number of ether oxygens (including phenoxy) is 1. The van der Waals surface area contributed by atoms with Crippen molar-refractivity contribution in [2.45, 2.75) is 19.3 Å². The predicted molar refractivity (Wildman–Crippen MR) is 115 cm³/mol. The zero-order valence-electron chi connectivity index (χ0n) is 17.3. The Hall–Kier alpha value is -4.20. The van der Waals surface area contributed by atoms with Crippen molar-refractivity contribution in [3.8, 4) is 17.1 Å². The first-order chi connectivity index (χ1) is 16.0. The number of rotatable bonds is 8. The Bertz CT molecular complexity index is 1250. The average Bonchev–Trinajstić information content (AvgIpc) is 3.29. The second-order valence-electron chi connectivity index (χ2n) is 7.21. The maximum Gasteiger partial charge on any atom is 0.311 e. The van der Waals surface area contributed by atoms with Crippen LogP contribution >= 0.6 is 0 Å². The van der Waals surface area contributed by atoms with Gasteiger partial charge in [0, 0.05) is 29.5 Å². The minimum atomic E-state index is -0.439. The maximum atomic E-state index is 13.0. The zero-order chi connectivity index (χ0) is 23.2. The predicted octanol–water partition coefficient (Wildman–Crippen LogP) is 5.17. The molecule has 0 fully saturated rings. The molecule has 166 valence electrons. The van der Waals surface area contributed by atoms with E-state index in [0.717, 1.165) is 0 Å². The fourth-order valence-electron chi connectivity index (χ4n) is 3.08. The Labute approximate surface area is 187 Å². The smallest absolute Gasteiger partial charge is 0.311 e. The van der Waals surface area contributed by atoms with E-state index in [-0.39, 0.29) is 18.0 Å². The highest BCUT2D eigenvalue weighted by atomic mass is 19.1. The van der Waals surface area contributed by atoms with Crippen LogP contribution in [0.2, 0.25) is 0 Å². The Morgan fingerprint density at radius 3 is 2.03 bits per heavy atom. The molecule has 0 aliphatic carbocycles. The third-order valence-electron chi connectivity index (χ3n) is 4.80. The molecule has 0 amide bonds. The molecule has 1 heterocycles. The van der Waals surface area contributed by atoms with E-state index < -0.39 is 11.8 Å². The number of carbonyl (C=O) groups is 2. The third-order valence-corrected chi connectivity index (χ3v) is 4.80. The molecule has 0 aliphatic rings. The summed E-state index contributed by atoms with van der Waals surface area (Å²) < 4.78 is 36.5. The first-order valence-electron chi connectivity index (χ1n) is 10.2. The van der Waals surface area contributed by atoms with Crippen LogP contribution in [0.5, 0.6) is 5.75 Å². The molecule has 0 aliphatic heterocycles. The van der Waals surface area contributed by atoms with Crippen molar-refractivity contribution in [2.75, 3.05) is 0 Å². The van der Waals surface area contributed by atoms with Crippen LogP contribution in [0.25, 0.3) is 11.4 Å². The number of carbonyl (C=O) groups excluding carboxylic acids is 2. The summed E-state index contributed by atoms with van der Waals surface area (Å²) in [5.74, 6) is -0.435. The number of hydrogen-bond donors (Lipinski definition) is 0. The van der Waals surface area contributed by atoms with Crippen LogP contribution < -0.4 is 4.74 Å². The number of benzene rings is 3. The quantitative estimate of drug-likeness (QED) is 0.210. The molecule has 0 saturated carbocycles. The van der Waals surface area contributed by atoms with E-state index in [2.05, 4.69) is 10.1 Å².